The van der Waals surface area contributed by atoms with Crippen LogP contribution in [0.4, 0.5) is 0 Å². The third-order valence-corrected chi connectivity index (χ3v) is 2.59. The largest absolute Gasteiger partial charge is 0.465 e. The molecule has 2 N–H and O–H groups in total. The summed E-state index contributed by atoms with van der Waals surface area (Å²) in [6, 6.07) is 5.39. The van der Waals surface area contributed by atoms with Gasteiger partial charge in [0.25, 0.3) is 0 Å². The Morgan fingerprint density at radius 2 is 2.31 bits per heavy atom. The number of para-hydroxylation sites is 1. The fraction of sp³-hybridized carbons (Fsp3) is 0.273. The molecule has 5 nitrogen and oxygen atoms in total. The van der Waals surface area contributed by atoms with E-state index in [1.54, 1.807) is 12.1 Å². The summed E-state index contributed by atoms with van der Waals surface area (Å²) in [6.07, 6.45) is 0. The van der Waals surface area contributed by atoms with Crippen molar-refractivity contribution in [2.45, 2.75) is 6.54 Å². The number of aromatic nitrogens is 2. The lowest BCUT2D eigenvalue weighted by molar-refractivity contribution is 0.0603. The summed E-state index contributed by atoms with van der Waals surface area (Å²) >= 11 is 0. The Labute approximate surface area is 92.8 Å². The molecule has 2 aromatic rings. The predicted molar refractivity (Wildman–Crippen MR) is 59.9 cm³/mol. The first-order valence-electron chi connectivity index (χ1n) is 4.91. The van der Waals surface area contributed by atoms with Crippen molar-refractivity contribution in [3.63, 3.8) is 0 Å². The second-order valence-electron chi connectivity index (χ2n) is 3.46. The zero-order valence-electron chi connectivity index (χ0n) is 9.23. The van der Waals surface area contributed by atoms with Crippen LogP contribution in [-0.4, -0.2) is 22.6 Å². The van der Waals surface area contributed by atoms with E-state index in [4.69, 9.17) is 10.5 Å². The Kier molecular flexibility index (Phi) is 2.62. The van der Waals surface area contributed by atoms with Crippen LogP contribution < -0.4 is 5.73 Å². The van der Waals surface area contributed by atoms with Gasteiger partial charge >= 0.3 is 5.97 Å². The van der Waals surface area contributed by atoms with E-state index in [1.165, 1.54) is 7.11 Å². The van der Waals surface area contributed by atoms with Crippen molar-refractivity contribution < 1.29 is 9.53 Å². The fourth-order valence-electron chi connectivity index (χ4n) is 1.72. The summed E-state index contributed by atoms with van der Waals surface area (Å²) in [5.41, 5.74) is 7.56. The Bertz CT molecular complexity index is 545. The van der Waals surface area contributed by atoms with Crippen LogP contribution in [0.5, 0.6) is 0 Å². The first kappa shape index (κ1) is 10.6. The van der Waals surface area contributed by atoms with Crippen LogP contribution in [0.15, 0.2) is 18.2 Å². The molecular weight excluding hydrogens is 206 g/mol. The average molecular weight is 219 g/mol. The standard InChI is InChI=1S/C11H13N3O2/c1-14-8-5-3-4-7(11(15)16-2)10(8)13-9(14)6-12/h3-5H,6,12H2,1-2H3. The Morgan fingerprint density at radius 1 is 1.56 bits per heavy atom. The van der Waals surface area contributed by atoms with E-state index >= 15 is 0 Å². The molecule has 0 unspecified atom stereocenters. The highest BCUT2D eigenvalue weighted by molar-refractivity contribution is 6.02. The number of fused-ring (bicyclic) bond motifs is 1. The van der Waals surface area contributed by atoms with Gasteiger partial charge < -0.3 is 15.0 Å². The van der Waals surface area contributed by atoms with Crippen molar-refractivity contribution in [3.8, 4) is 0 Å². The van der Waals surface area contributed by atoms with Crippen LogP contribution in [0.3, 0.4) is 0 Å². The van der Waals surface area contributed by atoms with Gasteiger partial charge in [-0.25, -0.2) is 9.78 Å². The van der Waals surface area contributed by atoms with Crippen LogP contribution in [0.2, 0.25) is 0 Å². The molecule has 0 aliphatic heterocycles. The van der Waals surface area contributed by atoms with Crippen LogP contribution in [0.25, 0.3) is 11.0 Å². The Morgan fingerprint density at radius 3 is 2.94 bits per heavy atom. The van der Waals surface area contributed by atoms with Crippen molar-refractivity contribution in [2.75, 3.05) is 7.11 Å². The number of aryl methyl sites for hydroxylation is 1. The van der Waals surface area contributed by atoms with Crippen molar-refractivity contribution in [1.82, 2.24) is 9.55 Å². The van der Waals surface area contributed by atoms with E-state index in [0.29, 0.717) is 17.6 Å². The minimum absolute atomic E-state index is 0.339. The molecule has 0 atom stereocenters. The van der Waals surface area contributed by atoms with Gasteiger partial charge in [0.1, 0.15) is 11.3 Å². The average Bonchev–Trinajstić information content (AvgIpc) is 2.65. The molecule has 0 saturated carbocycles. The Balaban J connectivity index is 2.73. The van der Waals surface area contributed by atoms with Crippen LogP contribution in [0, 0.1) is 0 Å². The maximum absolute atomic E-state index is 11.5. The van der Waals surface area contributed by atoms with Crippen LogP contribution in [-0.2, 0) is 18.3 Å². The smallest absolute Gasteiger partial charge is 0.340 e. The summed E-state index contributed by atoms with van der Waals surface area (Å²) in [6.45, 7) is 0.339. The summed E-state index contributed by atoms with van der Waals surface area (Å²) in [4.78, 5) is 15.9. The van der Waals surface area contributed by atoms with Crippen molar-refractivity contribution >= 4 is 17.0 Å². The van der Waals surface area contributed by atoms with Gasteiger partial charge in [0.2, 0.25) is 0 Å². The van der Waals surface area contributed by atoms with Gasteiger partial charge in [-0.2, -0.15) is 0 Å². The number of nitrogens with zero attached hydrogens (tertiary/aromatic N) is 2. The van der Waals surface area contributed by atoms with Gasteiger partial charge in [0.05, 0.1) is 24.7 Å². The Hall–Kier alpha value is -1.88. The lowest BCUT2D eigenvalue weighted by atomic mass is 10.2. The van der Waals surface area contributed by atoms with Gasteiger partial charge in [0.15, 0.2) is 0 Å². The molecule has 84 valence electrons. The molecule has 0 radical (unpaired) electrons. The molecule has 2 rings (SSSR count). The number of benzene rings is 1. The second kappa shape index (κ2) is 3.94. The maximum atomic E-state index is 11.5. The van der Waals surface area contributed by atoms with Gasteiger partial charge in [-0.3, -0.25) is 0 Å². The lowest BCUT2D eigenvalue weighted by Crippen LogP contribution is -2.04. The molecule has 1 heterocycles. The second-order valence-corrected chi connectivity index (χ2v) is 3.46. The van der Waals surface area contributed by atoms with E-state index in [-0.39, 0.29) is 5.97 Å². The summed E-state index contributed by atoms with van der Waals surface area (Å²) in [5, 5.41) is 0. The molecule has 0 saturated heterocycles. The zero-order chi connectivity index (χ0) is 11.7. The van der Waals surface area contributed by atoms with Crippen LogP contribution in [0.1, 0.15) is 16.2 Å². The van der Waals surface area contributed by atoms with E-state index in [2.05, 4.69) is 4.98 Å². The first-order chi connectivity index (χ1) is 7.69. The fourth-order valence-corrected chi connectivity index (χ4v) is 1.72. The van der Waals surface area contributed by atoms with Crippen molar-refractivity contribution in [1.29, 1.82) is 0 Å². The van der Waals surface area contributed by atoms with E-state index < -0.39 is 0 Å². The van der Waals surface area contributed by atoms with Crippen LogP contribution >= 0.6 is 0 Å². The lowest BCUT2D eigenvalue weighted by Gasteiger charge is -2.00. The number of imidazole rings is 1. The first-order valence-corrected chi connectivity index (χ1v) is 4.91. The minimum Gasteiger partial charge on any atom is -0.465 e. The highest BCUT2D eigenvalue weighted by atomic mass is 16.5. The SMILES string of the molecule is COC(=O)c1cccc2c1nc(CN)n2C. The quantitative estimate of drug-likeness (QED) is 0.759. The molecular formula is C11H13N3O2. The number of nitrogens with two attached hydrogens (primary N) is 1. The van der Waals surface area contributed by atoms with E-state index in [1.807, 2.05) is 17.7 Å². The number of rotatable bonds is 2. The van der Waals surface area contributed by atoms with Crippen molar-refractivity contribution in [3.05, 3.63) is 29.6 Å². The predicted octanol–water partition coefficient (Wildman–Crippen LogP) is 0.819. The summed E-state index contributed by atoms with van der Waals surface area (Å²) in [7, 11) is 3.23. The molecule has 1 aromatic carbocycles. The molecule has 0 bridgehead atoms. The molecule has 5 heteroatoms. The molecule has 0 fully saturated rings. The topological polar surface area (TPSA) is 70.1 Å². The van der Waals surface area contributed by atoms with Gasteiger partial charge in [-0.1, -0.05) is 6.07 Å². The number of carbonyl (C=O) groups is 1. The van der Waals surface area contributed by atoms with E-state index in [9.17, 15) is 4.79 Å². The van der Waals surface area contributed by atoms with Crippen molar-refractivity contribution in [2.24, 2.45) is 12.8 Å². The highest BCUT2D eigenvalue weighted by Gasteiger charge is 2.15. The third kappa shape index (κ3) is 1.45. The van der Waals surface area contributed by atoms with Gasteiger partial charge in [-0.05, 0) is 12.1 Å². The molecule has 16 heavy (non-hydrogen) atoms. The molecule has 1 aromatic heterocycles. The number of methoxy groups -OCH3 is 1. The molecule has 0 aliphatic rings. The normalized spacial score (nSPS) is 10.7. The van der Waals surface area contributed by atoms with E-state index in [0.717, 1.165) is 11.3 Å². The molecule has 0 amide bonds. The highest BCUT2D eigenvalue weighted by Crippen LogP contribution is 2.19. The number of ether oxygens (including phenoxy) is 1. The zero-order valence-corrected chi connectivity index (χ0v) is 9.23. The summed E-state index contributed by atoms with van der Waals surface area (Å²) < 4.78 is 6.58. The molecule has 0 aliphatic carbocycles. The monoisotopic (exact) mass is 219 g/mol. The van der Waals surface area contributed by atoms with Gasteiger partial charge in [0, 0.05) is 7.05 Å². The van der Waals surface area contributed by atoms with Gasteiger partial charge in [-0.15, -0.1) is 0 Å². The third-order valence-electron chi connectivity index (χ3n) is 2.59. The number of hydrogen-bond acceptors (Lipinski definition) is 4. The number of esters is 1. The number of hydrogen-bond donors (Lipinski definition) is 1. The number of carbonyl (C=O) groups excluding carboxylic acids is 1. The minimum atomic E-state index is -0.382. The summed E-state index contributed by atoms with van der Waals surface area (Å²) in [5.74, 6) is 0.360. The maximum Gasteiger partial charge on any atom is 0.340 e. The molecule has 0 spiro atoms.